The molecule has 0 atom stereocenters. The summed E-state index contributed by atoms with van der Waals surface area (Å²) in [5.74, 6) is -1.75. The van der Waals surface area contributed by atoms with Crippen LogP contribution < -0.4 is 0 Å². The average Bonchev–Trinajstić information content (AvgIpc) is 2.30. The van der Waals surface area contributed by atoms with Crippen LogP contribution in [0.4, 0.5) is 4.39 Å². The summed E-state index contributed by atoms with van der Waals surface area (Å²) in [5.41, 5.74) is 1.74. The molecular formula is C14H10ClFO2. The Labute approximate surface area is 109 Å². The van der Waals surface area contributed by atoms with Crippen LogP contribution in [-0.2, 0) is 0 Å². The van der Waals surface area contributed by atoms with Gasteiger partial charge in [-0.05, 0) is 30.7 Å². The number of aromatic carboxylic acids is 1. The van der Waals surface area contributed by atoms with Crippen molar-refractivity contribution >= 4 is 17.6 Å². The summed E-state index contributed by atoms with van der Waals surface area (Å²) < 4.78 is 13.9. The Balaban J connectivity index is 2.54. The van der Waals surface area contributed by atoms with Gasteiger partial charge in [0, 0.05) is 16.1 Å². The molecule has 0 aliphatic rings. The molecule has 0 aliphatic heterocycles. The summed E-state index contributed by atoms with van der Waals surface area (Å²) >= 11 is 6.06. The van der Waals surface area contributed by atoms with Crippen molar-refractivity contribution in [2.45, 2.75) is 6.92 Å². The van der Waals surface area contributed by atoms with E-state index in [4.69, 9.17) is 16.7 Å². The first kappa shape index (κ1) is 12.6. The van der Waals surface area contributed by atoms with Crippen LogP contribution in [0, 0.1) is 12.7 Å². The van der Waals surface area contributed by atoms with Crippen molar-refractivity contribution in [2.75, 3.05) is 0 Å². The van der Waals surface area contributed by atoms with Gasteiger partial charge in [0.1, 0.15) is 5.82 Å². The predicted molar refractivity (Wildman–Crippen MR) is 68.5 cm³/mol. The minimum Gasteiger partial charge on any atom is -0.478 e. The molecule has 92 valence electrons. The highest BCUT2D eigenvalue weighted by molar-refractivity contribution is 6.33. The maximum Gasteiger partial charge on any atom is 0.335 e. The summed E-state index contributed by atoms with van der Waals surface area (Å²) in [6.07, 6.45) is 0. The van der Waals surface area contributed by atoms with E-state index in [1.807, 2.05) is 13.0 Å². The van der Waals surface area contributed by atoms with Crippen molar-refractivity contribution in [3.63, 3.8) is 0 Å². The number of halogens is 2. The van der Waals surface area contributed by atoms with Crippen molar-refractivity contribution in [3.8, 4) is 11.1 Å². The number of carbonyl (C=O) groups is 1. The van der Waals surface area contributed by atoms with Crippen molar-refractivity contribution in [3.05, 3.63) is 58.4 Å². The fourth-order valence-electron chi connectivity index (χ4n) is 1.71. The summed E-state index contributed by atoms with van der Waals surface area (Å²) in [7, 11) is 0. The van der Waals surface area contributed by atoms with Crippen LogP contribution in [0.25, 0.3) is 11.1 Å². The highest BCUT2D eigenvalue weighted by Crippen LogP contribution is 2.31. The van der Waals surface area contributed by atoms with Crippen LogP contribution in [0.3, 0.4) is 0 Å². The van der Waals surface area contributed by atoms with E-state index in [0.717, 1.165) is 11.6 Å². The van der Waals surface area contributed by atoms with E-state index in [0.29, 0.717) is 16.1 Å². The first-order chi connectivity index (χ1) is 8.49. The molecule has 0 saturated carbocycles. The Bertz CT molecular complexity index is 623. The average molecular weight is 265 g/mol. The fourth-order valence-corrected chi connectivity index (χ4v) is 2.04. The summed E-state index contributed by atoms with van der Waals surface area (Å²) in [5, 5.41) is 9.21. The predicted octanol–water partition coefficient (Wildman–Crippen LogP) is 4.15. The van der Waals surface area contributed by atoms with Gasteiger partial charge in [0.2, 0.25) is 0 Å². The SMILES string of the molecule is Cc1ccc(-c2ccc(C(=O)O)cc2F)c(Cl)c1. The second-order valence-corrected chi connectivity index (χ2v) is 4.39. The van der Waals surface area contributed by atoms with Crippen molar-refractivity contribution in [1.29, 1.82) is 0 Å². The number of carboxylic acid groups (broad SMARTS) is 1. The molecule has 0 heterocycles. The first-order valence-corrected chi connectivity index (χ1v) is 5.66. The lowest BCUT2D eigenvalue weighted by Crippen LogP contribution is -1.97. The third-order valence-corrected chi connectivity index (χ3v) is 2.94. The zero-order chi connectivity index (χ0) is 13.3. The number of rotatable bonds is 2. The number of hydrogen-bond acceptors (Lipinski definition) is 1. The summed E-state index contributed by atoms with van der Waals surface area (Å²) in [6.45, 7) is 1.89. The third kappa shape index (κ3) is 2.36. The largest absolute Gasteiger partial charge is 0.478 e. The minimum absolute atomic E-state index is 0.0838. The monoisotopic (exact) mass is 264 g/mol. The van der Waals surface area contributed by atoms with E-state index in [9.17, 15) is 9.18 Å². The summed E-state index contributed by atoms with van der Waals surface area (Å²) in [6, 6.07) is 9.06. The molecule has 2 nitrogen and oxygen atoms in total. The van der Waals surface area contributed by atoms with E-state index in [1.54, 1.807) is 12.1 Å². The topological polar surface area (TPSA) is 37.3 Å². The van der Waals surface area contributed by atoms with Crippen LogP contribution in [0.5, 0.6) is 0 Å². The number of carboxylic acids is 1. The summed E-state index contributed by atoms with van der Waals surface area (Å²) in [4.78, 5) is 10.7. The van der Waals surface area contributed by atoms with Gasteiger partial charge in [0.05, 0.1) is 5.56 Å². The molecule has 2 rings (SSSR count). The number of hydrogen-bond donors (Lipinski definition) is 1. The van der Waals surface area contributed by atoms with E-state index in [2.05, 4.69) is 0 Å². The molecule has 0 spiro atoms. The molecule has 1 N–H and O–H groups in total. The molecule has 0 amide bonds. The molecule has 2 aromatic rings. The van der Waals surface area contributed by atoms with E-state index >= 15 is 0 Å². The highest BCUT2D eigenvalue weighted by atomic mass is 35.5. The molecule has 0 aliphatic carbocycles. The lowest BCUT2D eigenvalue weighted by atomic mass is 10.0. The van der Waals surface area contributed by atoms with Crippen LogP contribution >= 0.6 is 11.6 Å². The molecule has 0 radical (unpaired) electrons. The Morgan fingerprint density at radius 1 is 1.17 bits per heavy atom. The van der Waals surface area contributed by atoms with Gasteiger partial charge in [-0.15, -0.1) is 0 Å². The Kier molecular flexibility index (Phi) is 3.34. The molecule has 0 bridgehead atoms. The van der Waals surface area contributed by atoms with Gasteiger partial charge in [-0.3, -0.25) is 0 Å². The van der Waals surface area contributed by atoms with E-state index in [-0.39, 0.29) is 5.56 Å². The lowest BCUT2D eigenvalue weighted by molar-refractivity contribution is 0.0696. The number of benzene rings is 2. The highest BCUT2D eigenvalue weighted by Gasteiger charge is 2.12. The second-order valence-electron chi connectivity index (χ2n) is 3.98. The molecule has 0 unspecified atom stereocenters. The lowest BCUT2D eigenvalue weighted by Gasteiger charge is -2.07. The van der Waals surface area contributed by atoms with Gasteiger partial charge in [-0.25, -0.2) is 9.18 Å². The molecule has 18 heavy (non-hydrogen) atoms. The van der Waals surface area contributed by atoms with Gasteiger partial charge < -0.3 is 5.11 Å². The molecule has 4 heteroatoms. The van der Waals surface area contributed by atoms with Crippen molar-refractivity contribution < 1.29 is 14.3 Å². The second kappa shape index (κ2) is 4.78. The fraction of sp³-hybridized carbons (Fsp3) is 0.0714. The Morgan fingerprint density at radius 3 is 2.39 bits per heavy atom. The van der Waals surface area contributed by atoms with Gasteiger partial charge in [0.25, 0.3) is 0 Å². The standard InChI is InChI=1S/C14H10ClFO2/c1-8-2-4-10(12(15)6-8)11-5-3-9(14(17)18)7-13(11)16/h2-7H,1H3,(H,17,18). The van der Waals surface area contributed by atoms with Crippen molar-refractivity contribution in [1.82, 2.24) is 0 Å². The maximum atomic E-state index is 13.9. The zero-order valence-electron chi connectivity index (χ0n) is 9.58. The smallest absolute Gasteiger partial charge is 0.335 e. The van der Waals surface area contributed by atoms with Crippen molar-refractivity contribution in [2.24, 2.45) is 0 Å². The van der Waals surface area contributed by atoms with Gasteiger partial charge in [-0.2, -0.15) is 0 Å². The zero-order valence-corrected chi connectivity index (χ0v) is 10.3. The quantitative estimate of drug-likeness (QED) is 0.885. The Morgan fingerprint density at radius 2 is 1.83 bits per heavy atom. The van der Waals surface area contributed by atoms with Crippen LogP contribution in [0.2, 0.25) is 5.02 Å². The van der Waals surface area contributed by atoms with Gasteiger partial charge in [0.15, 0.2) is 0 Å². The normalized spacial score (nSPS) is 10.4. The molecule has 0 aromatic heterocycles. The van der Waals surface area contributed by atoms with Crippen LogP contribution in [-0.4, -0.2) is 11.1 Å². The maximum absolute atomic E-state index is 13.9. The molecule has 2 aromatic carbocycles. The Hall–Kier alpha value is -1.87. The molecule has 0 fully saturated rings. The molecule has 0 saturated heterocycles. The van der Waals surface area contributed by atoms with Crippen LogP contribution in [0.1, 0.15) is 15.9 Å². The molecular weight excluding hydrogens is 255 g/mol. The third-order valence-electron chi connectivity index (χ3n) is 2.63. The van der Waals surface area contributed by atoms with Gasteiger partial charge >= 0.3 is 5.97 Å². The van der Waals surface area contributed by atoms with E-state index in [1.165, 1.54) is 12.1 Å². The van der Waals surface area contributed by atoms with E-state index < -0.39 is 11.8 Å². The first-order valence-electron chi connectivity index (χ1n) is 5.28. The van der Waals surface area contributed by atoms with Crippen LogP contribution in [0.15, 0.2) is 36.4 Å². The minimum atomic E-state index is -1.16. The number of aryl methyl sites for hydroxylation is 1. The van der Waals surface area contributed by atoms with Gasteiger partial charge in [-0.1, -0.05) is 29.8 Å².